The minimum atomic E-state index is -0.305. The van der Waals surface area contributed by atoms with E-state index in [-0.39, 0.29) is 36.1 Å². The van der Waals surface area contributed by atoms with Gasteiger partial charge in [0.1, 0.15) is 5.82 Å². The van der Waals surface area contributed by atoms with E-state index in [1.54, 1.807) is 21.9 Å². The molecule has 3 aromatic rings. The molecule has 0 aliphatic heterocycles. The number of hydrogen-bond acceptors (Lipinski definition) is 2. The molecule has 0 unspecified atom stereocenters. The third-order valence-corrected chi connectivity index (χ3v) is 5.80. The topological polar surface area (TPSA) is 56.4 Å². The van der Waals surface area contributed by atoms with Crippen LogP contribution in [0.15, 0.2) is 54.7 Å². The van der Waals surface area contributed by atoms with Gasteiger partial charge in [0, 0.05) is 42.7 Å². The molecule has 2 aromatic carbocycles. The van der Waals surface area contributed by atoms with Crippen LogP contribution in [0.3, 0.4) is 0 Å². The minimum absolute atomic E-state index is 0.00768. The summed E-state index contributed by atoms with van der Waals surface area (Å²) in [5, 5.41) is 1.14. The number of halogens is 1. The molecular formula is C27H34FN3O2. The maximum atomic E-state index is 13.4. The normalized spacial score (nSPS) is 11.4. The van der Waals surface area contributed by atoms with E-state index < -0.39 is 0 Å². The van der Waals surface area contributed by atoms with E-state index in [2.05, 4.69) is 11.1 Å². The van der Waals surface area contributed by atoms with Crippen LogP contribution >= 0.6 is 0 Å². The molecule has 0 spiro atoms. The zero-order valence-electron chi connectivity index (χ0n) is 20.0. The number of carbonyl (C=O) groups excluding carboxylic acids is 2. The Bertz CT molecular complexity index is 1070. The van der Waals surface area contributed by atoms with Crippen molar-refractivity contribution < 1.29 is 14.0 Å². The molecule has 0 saturated carbocycles. The summed E-state index contributed by atoms with van der Waals surface area (Å²) in [7, 11) is 0. The Hall–Kier alpha value is -3.15. The van der Waals surface area contributed by atoms with Crippen LogP contribution in [-0.2, 0) is 22.6 Å². The third-order valence-electron chi connectivity index (χ3n) is 5.80. The Kier molecular flexibility index (Phi) is 8.26. The van der Waals surface area contributed by atoms with Gasteiger partial charge in [0.2, 0.25) is 11.8 Å². The molecule has 1 aromatic heterocycles. The first-order valence-electron chi connectivity index (χ1n) is 11.6. The quantitative estimate of drug-likeness (QED) is 0.463. The Morgan fingerprint density at radius 2 is 1.67 bits per heavy atom. The molecule has 1 heterocycles. The Balaban J connectivity index is 1.78. The number of aromatic amines is 1. The number of carbonyl (C=O) groups is 2. The molecule has 6 heteroatoms. The van der Waals surface area contributed by atoms with Crippen LogP contribution in [0.1, 0.15) is 45.2 Å². The van der Waals surface area contributed by atoms with Gasteiger partial charge in [-0.3, -0.25) is 9.59 Å². The lowest BCUT2D eigenvalue weighted by molar-refractivity contribution is -0.142. The van der Waals surface area contributed by atoms with E-state index in [4.69, 9.17) is 0 Å². The summed E-state index contributed by atoms with van der Waals surface area (Å²) < 4.78 is 13.4. The molecule has 0 saturated heterocycles. The number of benzene rings is 2. The fourth-order valence-electron chi connectivity index (χ4n) is 3.97. The van der Waals surface area contributed by atoms with E-state index in [0.717, 1.165) is 22.0 Å². The molecule has 0 bridgehead atoms. The minimum Gasteiger partial charge on any atom is -0.361 e. The molecule has 33 heavy (non-hydrogen) atoms. The maximum absolute atomic E-state index is 13.4. The summed E-state index contributed by atoms with van der Waals surface area (Å²) in [5.41, 5.74) is 3.06. The fourth-order valence-corrected chi connectivity index (χ4v) is 3.97. The van der Waals surface area contributed by atoms with Crippen molar-refractivity contribution in [3.8, 4) is 0 Å². The summed E-state index contributed by atoms with van der Waals surface area (Å²) in [4.78, 5) is 32.9. The van der Waals surface area contributed by atoms with Gasteiger partial charge in [-0.2, -0.15) is 0 Å². The zero-order valence-corrected chi connectivity index (χ0v) is 20.0. The van der Waals surface area contributed by atoms with Gasteiger partial charge in [-0.05, 0) is 55.5 Å². The average Bonchev–Trinajstić information content (AvgIpc) is 3.18. The summed E-state index contributed by atoms with van der Waals surface area (Å²) in [6, 6.07) is 14.2. The van der Waals surface area contributed by atoms with Crippen molar-refractivity contribution in [3.63, 3.8) is 0 Å². The third kappa shape index (κ3) is 6.67. The van der Waals surface area contributed by atoms with Gasteiger partial charge in [-0.1, -0.05) is 44.2 Å². The summed E-state index contributed by atoms with van der Waals surface area (Å²) in [6.45, 7) is 8.77. The van der Waals surface area contributed by atoms with E-state index in [1.807, 2.05) is 52.1 Å². The number of H-pyrrole nitrogens is 1. The van der Waals surface area contributed by atoms with E-state index in [0.29, 0.717) is 25.9 Å². The maximum Gasteiger partial charge on any atom is 0.242 e. The SMILES string of the molecule is CC(C)CC(=O)N(CC(=O)N(CCc1c[nH]c2ccccc12)Cc1ccc(F)cc1)C(C)C. The number of nitrogens with one attached hydrogen (secondary N) is 1. The highest BCUT2D eigenvalue weighted by atomic mass is 19.1. The molecule has 5 nitrogen and oxygen atoms in total. The molecule has 0 aliphatic carbocycles. The van der Waals surface area contributed by atoms with Crippen molar-refractivity contribution in [1.29, 1.82) is 0 Å². The van der Waals surface area contributed by atoms with Crippen LogP contribution in [-0.4, -0.2) is 45.7 Å². The molecule has 0 atom stereocenters. The van der Waals surface area contributed by atoms with Crippen LogP contribution in [0.25, 0.3) is 10.9 Å². The fraction of sp³-hybridized carbons (Fsp3) is 0.407. The predicted molar refractivity (Wildman–Crippen MR) is 130 cm³/mol. The predicted octanol–water partition coefficient (Wildman–Crippen LogP) is 5.16. The lowest BCUT2D eigenvalue weighted by Crippen LogP contribution is -2.46. The standard InChI is InChI=1S/C27H34FN3O2/c1-19(2)15-26(32)31(20(3)4)18-27(33)30(17-21-9-11-23(28)12-10-21)14-13-22-16-29-25-8-6-5-7-24(22)25/h5-12,16,19-20,29H,13-15,17-18H2,1-4H3. The number of rotatable bonds is 10. The van der Waals surface area contributed by atoms with Crippen molar-refractivity contribution >= 4 is 22.7 Å². The Morgan fingerprint density at radius 1 is 0.970 bits per heavy atom. The van der Waals surface area contributed by atoms with Gasteiger partial charge in [-0.25, -0.2) is 4.39 Å². The second-order valence-corrected chi connectivity index (χ2v) is 9.26. The second-order valence-electron chi connectivity index (χ2n) is 9.26. The number of aromatic nitrogens is 1. The molecule has 0 radical (unpaired) electrons. The highest BCUT2D eigenvalue weighted by Crippen LogP contribution is 2.19. The number of para-hydroxylation sites is 1. The highest BCUT2D eigenvalue weighted by Gasteiger charge is 2.24. The van der Waals surface area contributed by atoms with Gasteiger partial charge in [0.25, 0.3) is 0 Å². The summed E-state index contributed by atoms with van der Waals surface area (Å²) >= 11 is 0. The van der Waals surface area contributed by atoms with Crippen molar-refractivity contribution in [1.82, 2.24) is 14.8 Å². The van der Waals surface area contributed by atoms with Crippen LogP contribution in [0.2, 0.25) is 0 Å². The molecular weight excluding hydrogens is 417 g/mol. The first-order chi connectivity index (χ1) is 15.7. The monoisotopic (exact) mass is 451 g/mol. The molecule has 3 rings (SSSR count). The lowest BCUT2D eigenvalue weighted by Gasteiger charge is -2.30. The molecule has 0 fully saturated rings. The number of nitrogens with zero attached hydrogens (tertiary/aromatic N) is 2. The average molecular weight is 452 g/mol. The van der Waals surface area contributed by atoms with Gasteiger partial charge < -0.3 is 14.8 Å². The molecule has 1 N–H and O–H groups in total. The largest absolute Gasteiger partial charge is 0.361 e. The summed E-state index contributed by atoms with van der Waals surface area (Å²) in [5.74, 6) is -0.191. The van der Waals surface area contributed by atoms with Gasteiger partial charge in [0.15, 0.2) is 0 Å². The van der Waals surface area contributed by atoms with E-state index >= 15 is 0 Å². The van der Waals surface area contributed by atoms with E-state index in [9.17, 15) is 14.0 Å². The van der Waals surface area contributed by atoms with Crippen molar-refractivity contribution in [2.45, 2.75) is 53.1 Å². The second kappa shape index (κ2) is 11.1. The van der Waals surface area contributed by atoms with Crippen molar-refractivity contribution in [2.75, 3.05) is 13.1 Å². The van der Waals surface area contributed by atoms with Crippen LogP contribution in [0.4, 0.5) is 4.39 Å². The van der Waals surface area contributed by atoms with Crippen LogP contribution in [0, 0.1) is 11.7 Å². The van der Waals surface area contributed by atoms with Crippen molar-refractivity contribution in [3.05, 3.63) is 71.7 Å². The number of hydrogen-bond donors (Lipinski definition) is 1. The van der Waals surface area contributed by atoms with Gasteiger partial charge >= 0.3 is 0 Å². The van der Waals surface area contributed by atoms with Gasteiger partial charge in [0.05, 0.1) is 6.54 Å². The summed E-state index contributed by atoms with van der Waals surface area (Å²) in [6.07, 6.45) is 3.08. The number of fused-ring (bicyclic) bond motifs is 1. The van der Waals surface area contributed by atoms with Crippen molar-refractivity contribution in [2.24, 2.45) is 5.92 Å². The first kappa shape index (κ1) is 24.5. The Morgan fingerprint density at radius 3 is 2.33 bits per heavy atom. The van der Waals surface area contributed by atoms with E-state index in [1.165, 1.54) is 12.1 Å². The van der Waals surface area contributed by atoms with Gasteiger partial charge in [-0.15, -0.1) is 0 Å². The lowest BCUT2D eigenvalue weighted by atomic mass is 10.1. The highest BCUT2D eigenvalue weighted by molar-refractivity contribution is 5.85. The van der Waals surface area contributed by atoms with Crippen LogP contribution < -0.4 is 0 Å². The van der Waals surface area contributed by atoms with Crippen LogP contribution in [0.5, 0.6) is 0 Å². The first-order valence-corrected chi connectivity index (χ1v) is 11.6. The Labute approximate surface area is 195 Å². The molecule has 0 aliphatic rings. The number of amides is 2. The smallest absolute Gasteiger partial charge is 0.242 e. The molecule has 2 amide bonds. The zero-order chi connectivity index (χ0) is 24.0. The molecule has 176 valence electrons.